The molecule has 2 aliphatic heterocycles. The number of hydrogen-bond donors (Lipinski definition) is 0. The highest BCUT2D eigenvalue weighted by Crippen LogP contribution is 2.43. The molecule has 3 fully saturated rings. The van der Waals surface area contributed by atoms with Gasteiger partial charge in [-0.3, -0.25) is 4.79 Å². The molecule has 0 spiro atoms. The van der Waals surface area contributed by atoms with Crippen molar-refractivity contribution >= 4 is 38.4 Å². The number of para-hydroxylation sites is 2. The van der Waals surface area contributed by atoms with E-state index >= 15 is 0 Å². The van der Waals surface area contributed by atoms with Gasteiger partial charge in [0.05, 0.1) is 30.3 Å². The van der Waals surface area contributed by atoms with Gasteiger partial charge < -0.3 is 9.64 Å². The molecule has 4 rings (SSSR count). The van der Waals surface area contributed by atoms with Gasteiger partial charge in [-0.2, -0.15) is 4.99 Å². The molecule has 1 aromatic rings. The van der Waals surface area contributed by atoms with Gasteiger partial charge in [0.2, 0.25) is 5.91 Å². The van der Waals surface area contributed by atoms with Crippen molar-refractivity contribution in [1.29, 1.82) is 0 Å². The van der Waals surface area contributed by atoms with Crippen LogP contribution in [0.25, 0.3) is 0 Å². The van der Waals surface area contributed by atoms with E-state index in [1.54, 1.807) is 7.11 Å². The van der Waals surface area contributed by atoms with E-state index in [1.807, 2.05) is 29.2 Å². The first-order valence-electron chi connectivity index (χ1n) is 9.88. The van der Waals surface area contributed by atoms with Gasteiger partial charge in [-0.05, 0) is 30.9 Å². The van der Waals surface area contributed by atoms with E-state index < -0.39 is 9.84 Å². The van der Waals surface area contributed by atoms with Gasteiger partial charge in [0, 0.05) is 11.7 Å². The number of ether oxygens (including phenoxy) is 1. The molecule has 2 heterocycles. The Morgan fingerprint density at radius 3 is 2.71 bits per heavy atom. The van der Waals surface area contributed by atoms with Crippen molar-refractivity contribution in [3.63, 3.8) is 0 Å². The third-order valence-electron chi connectivity index (χ3n) is 5.82. The number of hydrogen-bond acceptors (Lipinski definition) is 5. The Morgan fingerprint density at radius 2 is 1.96 bits per heavy atom. The lowest BCUT2D eigenvalue weighted by atomic mass is 9.87. The summed E-state index contributed by atoms with van der Waals surface area (Å²) in [4.78, 5) is 19.0. The molecular formula is C20H26N2O4S2. The van der Waals surface area contributed by atoms with Crippen LogP contribution in [0.1, 0.15) is 38.5 Å². The predicted molar refractivity (Wildman–Crippen MR) is 113 cm³/mol. The normalized spacial score (nSPS) is 28.5. The van der Waals surface area contributed by atoms with E-state index in [1.165, 1.54) is 31.0 Å². The number of amides is 1. The second-order valence-electron chi connectivity index (χ2n) is 7.84. The van der Waals surface area contributed by atoms with Crippen LogP contribution in [0.4, 0.5) is 5.69 Å². The number of rotatable bonds is 4. The quantitative estimate of drug-likeness (QED) is 0.741. The zero-order chi connectivity index (χ0) is 19.7. The lowest BCUT2D eigenvalue weighted by Gasteiger charge is -2.26. The van der Waals surface area contributed by atoms with Crippen LogP contribution in [-0.2, 0) is 14.6 Å². The number of sulfone groups is 1. The summed E-state index contributed by atoms with van der Waals surface area (Å²) in [6, 6.07) is 7.29. The standard InChI is InChI=1S/C20H26N2O4S2/c1-26-17-10-6-5-9-15(17)22-16-12-28(24,25)13-18(16)27-20(22)21-19(23)11-14-7-3-2-4-8-14/h5-6,9-10,14,16,18H,2-4,7-8,11-13H2,1H3. The molecule has 3 aliphatic rings. The Labute approximate surface area is 170 Å². The van der Waals surface area contributed by atoms with E-state index in [0.29, 0.717) is 23.3 Å². The third-order valence-corrected chi connectivity index (χ3v) is 9.03. The molecule has 6 nitrogen and oxygen atoms in total. The molecule has 0 radical (unpaired) electrons. The Kier molecular flexibility index (Phi) is 5.69. The fourth-order valence-electron chi connectivity index (χ4n) is 4.47. The molecule has 2 saturated heterocycles. The molecule has 0 aromatic heterocycles. The number of amidine groups is 1. The number of nitrogens with zero attached hydrogens (tertiary/aromatic N) is 2. The van der Waals surface area contributed by atoms with E-state index in [2.05, 4.69) is 4.99 Å². The minimum Gasteiger partial charge on any atom is -0.495 e. The minimum absolute atomic E-state index is 0.0819. The van der Waals surface area contributed by atoms with Gasteiger partial charge in [0.15, 0.2) is 15.0 Å². The van der Waals surface area contributed by atoms with Crippen molar-refractivity contribution < 1.29 is 17.9 Å². The highest BCUT2D eigenvalue weighted by atomic mass is 32.2. The second-order valence-corrected chi connectivity index (χ2v) is 11.2. The summed E-state index contributed by atoms with van der Waals surface area (Å²) < 4.78 is 29.9. The molecule has 1 amide bonds. The smallest absolute Gasteiger partial charge is 0.248 e. The van der Waals surface area contributed by atoms with Crippen molar-refractivity contribution in [3.8, 4) is 5.75 Å². The number of fused-ring (bicyclic) bond motifs is 1. The fourth-order valence-corrected chi connectivity index (χ4v) is 8.39. The largest absolute Gasteiger partial charge is 0.495 e. The Balaban J connectivity index is 1.62. The van der Waals surface area contributed by atoms with Crippen molar-refractivity contribution in [2.45, 2.75) is 49.8 Å². The summed E-state index contributed by atoms with van der Waals surface area (Å²) in [5.74, 6) is 1.19. The molecule has 8 heteroatoms. The average Bonchev–Trinajstić information content (AvgIpc) is 3.13. The van der Waals surface area contributed by atoms with Gasteiger partial charge in [-0.15, -0.1) is 0 Å². The average molecular weight is 423 g/mol. The lowest BCUT2D eigenvalue weighted by Crippen LogP contribution is -2.38. The molecule has 0 bridgehead atoms. The molecule has 28 heavy (non-hydrogen) atoms. The molecule has 1 aromatic carbocycles. The first-order valence-corrected chi connectivity index (χ1v) is 12.6. The molecule has 0 N–H and O–H groups in total. The van der Waals surface area contributed by atoms with Crippen LogP contribution in [0.3, 0.4) is 0 Å². The summed E-state index contributed by atoms with van der Waals surface area (Å²) in [5.41, 5.74) is 0.770. The first-order chi connectivity index (χ1) is 13.5. The SMILES string of the molecule is COc1ccccc1N1C(=NC(=O)CC2CCCCC2)SC2CS(=O)(=O)CC21. The number of methoxy groups -OCH3 is 1. The predicted octanol–water partition coefficient (Wildman–Crippen LogP) is 3.27. The number of carbonyl (C=O) groups excluding carboxylic acids is 1. The van der Waals surface area contributed by atoms with Crippen LogP contribution < -0.4 is 9.64 Å². The summed E-state index contributed by atoms with van der Waals surface area (Å²) in [6.07, 6.45) is 6.33. The molecule has 2 unspecified atom stereocenters. The topological polar surface area (TPSA) is 76.0 Å². The second kappa shape index (κ2) is 8.06. The molecule has 1 saturated carbocycles. The monoisotopic (exact) mass is 422 g/mol. The van der Waals surface area contributed by atoms with Crippen LogP contribution in [0.15, 0.2) is 29.3 Å². The molecule has 2 atom stereocenters. The maximum atomic E-state index is 12.7. The van der Waals surface area contributed by atoms with Crippen LogP contribution in [0, 0.1) is 5.92 Å². The van der Waals surface area contributed by atoms with Crippen molar-refractivity contribution in [2.75, 3.05) is 23.5 Å². The molecular weight excluding hydrogens is 396 g/mol. The highest BCUT2D eigenvalue weighted by Gasteiger charge is 2.50. The number of anilines is 1. The first kappa shape index (κ1) is 19.8. The summed E-state index contributed by atoms with van der Waals surface area (Å²) in [6.45, 7) is 0. The van der Waals surface area contributed by atoms with Crippen molar-refractivity contribution in [1.82, 2.24) is 0 Å². The summed E-state index contributed by atoms with van der Waals surface area (Å²) >= 11 is 1.42. The maximum absolute atomic E-state index is 12.7. The highest BCUT2D eigenvalue weighted by molar-refractivity contribution is 8.16. The van der Waals surface area contributed by atoms with Crippen molar-refractivity contribution in [3.05, 3.63) is 24.3 Å². The van der Waals surface area contributed by atoms with Crippen LogP contribution in [0.5, 0.6) is 5.75 Å². The maximum Gasteiger partial charge on any atom is 0.248 e. The van der Waals surface area contributed by atoms with Crippen LogP contribution in [0.2, 0.25) is 0 Å². The van der Waals surface area contributed by atoms with Gasteiger partial charge >= 0.3 is 0 Å². The summed E-state index contributed by atoms with van der Waals surface area (Å²) in [5, 5.41) is 0.506. The van der Waals surface area contributed by atoms with Crippen molar-refractivity contribution in [2.24, 2.45) is 10.9 Å². The number of thioether (sulfide) groups is 1. The molecule has 152 valence electrons. The van der Waals surface area contributed by atoms with Crippen LogP contribution >= 0.6 is 11.8 Å². The number of aliphatic imine (C=N–C) groups is 1. The fraction of sp³-hybridized carbons (Fsp3) is 0.600. The summed E-state index contributed by atoms with van der Waals surface area (Å²) in [7, 11) is -1.49. The third kappa shape index (κ3) is 4.08. The van der Waals surface area contributed by atoms with Gasteiger partial charge in [0.25, 0.3) is 0 Å². The Hall–Kier alpha value is -1.54. The van der Waals surface area contributed by atoms with Gasteiger partial charge in [0.1, 0.15) is 5.75 Å². The number of carbonyl (C=O) groups is 1. The zero-order valence-corrected chi connectivity index (χ0v) is 17.7. The molecule has 1 aliphatic carbocycles. The zero-order valence-electron chi connectivity index (χ0n) is 16.0. The lowest BCUT2D eigenvalue weighted by molar-refractivity contribution is -0.118. The van der Waals surface area contributed by atoms with Crippen LogP contribution in [-0.4, -0.2) is 49.4 Å². The van der Waals surface area contributed by atoms with E-state index in [0.717, 1.165) is 18.5 Å². The Morgan fingerprint density at radius 1 is 1.21 bits per heavy atom. The van der Waals surface area contributed by atoms with E-state index in [9.17, 15) is 13.2 Å². The van der Waals surface area contributed by atoms with Gasteiger partial charge in [-0.1, -0.05) is 43.2 Å². The van der Waals surface area contributed by atoms with Gasteiger partial charge in [-0.25, -0.2) is 8.42 Å². The van der Waals surface area contributed by atoms with E-state index in [4.69, 9.17) is 4.74 Å². The minimum atomic E-state index is -3.08. The number of benzene rings is 1. The van der Waals surface area contributed by atoms with E-state index in [-0.39, 0.29) is 28.7 Å². The Bertz CT molecular complexity index is 878.